The lowest BCUT2D eigenvalue weighted by Gasteiger charge is -2.30. The summed E-state index contributed by atoms with van der Waals surface area (Å²) in [6.07, 6.45) is -0.0332. The predicted octanol–water partition coefficient (Wildman–Crippen LogP) is -0.812. The zero-order valence-electron chi connectivity index (χ0n) is 14.3. The van der Waals surface area contributed by atoms with Crippen molar-refractivity contribution in [3.8, 4) is 0 Å². The highest BCUT2D eigenvalue weighted by molar-refractivity contribution is 5.92. The molecule has 0 radical (unpaired) electrons. The third-order valence-electron chi connectivity index (χ3n) is 4.20. The molecule has 0 spiro atoms. The lowest BCUT2D eigenvalue weighted by atomic mass is 10.1. The van der Waals surface area contributed by atoms with E-state index in [4.69, 9.17) is 0 Å². The number of rotatable bonds is 5. The molecule has 24 heavy (non-hydrogen) atoms. The number of nitrogens with one attached hydrogen (secondary N) is 3. The fraction of sp³-hybridized carbons (Fsp3) is 0.471. The molecule has 2 amide bonds. The van der Waals surface area contributed by atoms with Crippen LogP contribution in [0.3, 0.4) is 0 Å². The van der Waals surface area contributed by atoms with Gasteiger partial charge in [0, 0.05) is 5.69 Å². The van der Waals surface area contributed by atoms with Gasteiger partial charge in [-0.25, -0.2) is 0 Å². The predicted molar refractivity (Wildman–Crippen MR) is 88.7 cm³/mol. The molecule has 130 valence electrons. The summed E-state index contributed by atoms with van der Waals surface area (Å²) in [5.41, 5.74) is 2.87. The van der Waals surface area contributed by atoms with E-state index in [2.05, 4.69) is 15.4 Å². The Morgan fingerprint density at radius 3 is 2.79 bits per heavy atom. The second-order valence-electron chi connectivity index (χ2n) is 6.08. The van der Waals surface area contributed by atoms with Crippen molar-refractivity contribution in [1.29, 1.82) is 0 Å². The van der Waals surface area contributed by atoms with Gasteiger partial charge < -0.3 is 20.3 Å². The van der Waals surface area contributed by atoms with Crippen LogP contribution in [0.25, 0.3) is 0 Å². The van der Waals surface area contributed by atoms with Crippen LogP contribution in [0.15, 0.2) is 18.2 Å². The van der Waals surface area contributed by atoms with Crippen LogP contribution in [0.2, 0.25) is 0 Å². The number of amides is 2. The molecule has 1 heterocycles. The number of hydrogen-bond donors (Lipinski definition) is 3. The molecule has 1 fully saturated rings. The molecule has 2 atom stereocenters. The average Bonchev–Trinajstić information content (AvgIpc) is 2.53. The molecule has 1 aromatic carbocycles. The molecule has 3 N–H and O–H groups in total. The van der Waals surface area contributed by atoms with E-state index in [9.17, 15) is 14.4 Å². The first-order valence-electron chi connectivity index (χ1n) is 7.97. The van der Waals surface area contributed by atoms with Crippen LogP contribution in [0.4, 0.5) is 5.69 Å². The number of carbonyl (C=O) groups excluding carboxylic acids is 3. The second kappa shape index (κ2) is 7.92. The number of ether oxygens (including phenoxy) is 1. The third kappa shape index (κ3) is 4.55. The minimum absolute atomic E-state index is 0.0332. The number of carbonyl (C=O) groups is 3. The Balaban J connectivity index is 2.02. The van der Waals surface area contributed by atoms with E-state index in [0.717, 1.165) is 21.7 Å². The molecule has 1 aromatic rings. The number of benzene rings is 1. The zero-order chi connectivity index (χ0) is 17.7. The summed E-state index contributed by atoms with van der Waals surface area (Å²) < 4.78 is 4.64. The van der Waals surface area contributed by atoms with E-state index in [1.807, 2.05) is 32.0 Å². The highest BCUT2D eigenvalue weighted by Crippen LogP contribution is 2.15. The van der Waals surface area contributed by atoms with Gasteiger partial charge in [0.1, 0.15) is 6.42 Å². The van der Waals surface area contributed by atoms with E-state index < -0.39 is 12.0 Å². The molecule has 7 heteroatoms. The van der Waals surface area contributed by atoms with Crippen molar-refractivity contribution in [3.05, 3.63) is 29.3 Å². The summed E-state index contributed by atoms with van der Waals surface area (Å²) >= 11 is 0. The van der Waals surface area contributed by atoms with Gasteiger partial charge in [0.05, 0.1) is 20.2 Å². The minimum atomic E-state index is -0.601. The summed E-state index contributed by atoms with van der Waals surface area (Å²) in [5, 5.41) is 5.61. The second-order valence-corrected chi connectivity index (χ2v) is 6.08. The average molecular weight is 334 g/mol. The molecule has 1 unspecified atom stereocenters. The van der Waals surface area contributed by atoms with E-state index in [1.165, 1.54) is 7.11 Å². The number of piperazine rings is 1. The Kier molecular flexibility index (Phi) is 5.92. The van der Waals surface area contributed by atoms with Crippen LogP contribution < -0.4 is 15.5 Å². The maximum absolute atomic E-state index is 12.3. The highest BCUT2D eigenvalue weighted by atomic mass is 16.5. The van der Waals surface area contributed by atoms with Crippen molar-refractivity contribution >= 4 is 23.5 Å². The summed E-state index contributed by atoms with van der Waals surface area (Å²) in [6.45, 7) is 5.13. The largest absolute Gasteiger partial charge is 0.469 e. The van der Waals surface area contributed by atoms with Crippen LogP contribution in [-0.2, 0) is 19.1 Å². The van der Waals surface area contributed by atoms with Crippen molar-refractivity contribution in [3.63, 3.8) is 0 Å². The van der Waals surface area contributed by atoms with Crippen molar-refractivity contribution in [2.24, 2.45) is 0 Å². The number of methoxy groups -OCH3 is 1. The first-order valence-corrected chi connectivity index (χ1v) is 7.97. The van der Waals surface area contributed by atoms with Crippen molar-refractivity contribution in [2.75, 3.05) is 32.1 Å². The first kappa shape index (κ1) is 17.9. The molecule has 1 aliphatic rings. The Morgan fingerprint density at radius 2 is 2.12 bits per heavy atom. The molecule has 1 aliphatic heterocycles. The maximum atomic E-state index is 12.3. The molecule has 0 aromatic heterocycles. The van der Waals surface area contributed by atoms with Gasteiger partial charge in [-0.05, 0) is 25.5 Å². The molecule has 7 nitrogen and oxygen atoms in total. The number of hydrogen-bond acceptors (Lipinski definition) is 4. The lowest BCUT2D eigenvalue weighted by Crippen LogP contribution is -3.20. The quantitative estimate of drug-likeness (QED) is 0.615. The number of anilines is 1. The summed E-state index contributed by atoms with van der Waals surface area (Å²) in [6, 6.07) is 5.20. The SMILES string of the molecule is COC(=O)C[C@H]1C(=O)NCC[NH+]1CC(=O)Nc1ccc(C)cc1C. The minimum Gasteiger partial charge on any atom is -0.469 e. The topological polar surface area (TPSA) is 88.9 Å². The summed E-state index contributed by atoms with van der Waals surface area (Å²) in [5.74, 6) is -0.855. The Morgan fingerprint density at radius 1 is 1.38 bits per heavy atom. The zero-order valence-corrected chi connectivity index (χ0v) is 14.3. The van der Waals surface area contributed by atoms with Gasteiger partial charge in [0.2, 0.25) is 0 Å². The van der Waals surface area contributed by atoms with Gasteiger partial charge >= 0.3 is 5.97 Å². The maximum Gasteiger partial charge on any atom is 0.312 e. The van der Waals surface area contributed by atoms with E-state index in [1.54, 1.807) is 0 Å². The van der Waals surface area contributed by atoms with Gasteiger partial charge in [-0.1, -0.05) is 17.7 Å². The van der Waals surface area contributed by atoms with Gasteiger partial charge in [-0.15, -0.1) is 0 Å². The number of quaternary nitrogens is 1. The normalized spacial score (nSPS) is 20.2. The molecule has 2 rings (SSSR count). The van der Waals surface area contributed by atoms with E-state index in [-0.39, 0.29) is 24.8 Å². The first-order chi connectivity index (χ1) is 11.4. The smallest absolute Gasteiger partial charge is 0.312 e. The molecule has 1 saturated heterocycles. The molecule has 0 aliphatic carbocycles. The van der Waals surface area contributed by atoms with Crippen molar-refractivity contribution in [2.45, 2.75) is 26.3 Å². The Labute approximate surface area is 141 Å². The number of esters is 1. The van der Waals surface area contributed by atoms with Gasteiger partial charge in [0.15, 0.2) is 12.6 Å². The van der Waals surface area contributed by atoms with Crippen molar-refractivity contribution in [1.82, 2.24) is 5.32 Å². The van der Waals surface area contributed by atoms with Crippen LogP contribution in [0, 0.1) is 13.8 Å². The van der Waals surface area contributed by atoms with E-state index >= 15 is 0 Å². The monoisotopic (exact) mass is 334 g/mol. The van der Waals surface area contributed by atoms with Crippen molar-refractivity contribution < 1.29 is 24.0 Å². The number of aryl methyl sites for hydroxylation is 2. The molecule has 0 bridgehead atoms. The molecule has 0 saturated carbocycles. The molecular weight excluding hydrogens is 310 g/mol. The van der Waals surface area contributed by atoms with Crippen LogP contribution in [0.1, 0.15) is 17.5 Å². The van der Waals surface area contributed by atoms with Gasteiger partial charge in [-0.3, -0.25) is 14.4 Å². The molecular formula is C17H24N3O4+. The Bertz CT molecular complexity index is 645. The summed E-state index contributed by atoms with van der Waals surface area (Å²) in [7, 11) is 1.29. The van der Waals surface area contributed by atoms with Crippen LogP contribution in [-0.4, -0.2) is 50.6 Å². The van der Waals surface area contributed by atoms with Crippen LogP contribution >= 0.6 is 0 Å². The van der Waals surface area contributed by atoms with Gasteiger partial charge in [-0.2, -0.15) is 0 Å². The van der Waals surface area contributed by atoms with Gasteiger partial charge in [0.25, 0.3) is 11.8 Å². The fourth-order valence-electron chi connectivity index (χ4n) is 2.88. The Hall–Kier alpha value is -2.41. The standard InChI is InChI=1S/C17H23N3O4/c1-11-4-5-13(12(2)8-11)19-15(21)10-20-7-6-18-17(23)14(20)9-16(22)24-3/h4-5,8,14H,6-7,9-10H2,1-3H3,(H,18,23)(H,19,21)/p+1/t14-/m0/s1. The lowest BCUT2D eigenvalue weighted by molar-refractivity contribution is -0.909. The van der Waals surface area contributed by atoms with E-state index in [0.29, 0.717) is 13.1 Å². The fourth-order valence-corrected chi connectivity index (χ4v) is 2.88. The third-order valence-corrected chi connectivity index (χ3v) is 4.20. The van der Waals surface area contributed by atoms with Crippen LogP contribution in [0.5, 0.6) is 0 Å². The summed E-state index contributed by atoms with van der Waals surface area (Å²) in [4.78, 5) is 36.6. The highest BCUT2D eigenvalue weighted by Gasteiger charge is 2.36.